The molecule has 24 heavy (non-hydrogen) atoms. The average molecular weight is 574 g/mol. The van der Waals surface area contributed by atoms with Gasteiger partial charge in [-0.1, -0.05) is 57.3 Å². The summed E-state index contributed by atoms with van der Waals surface area (Å²) in [5.74, 6) is 1.83. The molecule has 5 nitrogen and oxygen atoms in total. The zero-order valence-corrected chi connectivity index (χ0v) is 17.8. The summed E-state index contributed by atoms with van der Waals surface area (Å²) < 4.78 is 16.6. The maximum Gasteiger partial charge on any atom is 0.339 e. The Morgan fingerprint density at radius 1 is 1.25 bits per heavy atom. The molecular weight excluding hydrogens is 558 g/mol. The Balaban J connectivity index is 1.72. The number of hydrogen-bond acceptors (Lipinski definition) is 6. The van der Waals surface area contributed by atoms with Crippen LogP contribution in [0.3, 0.4) is 0 Å². The van der Waals surface area contributed by atoms with Crippen molar-refractivity contribution >= 4 is 73.9 Å². The second kappa shape index (κ2) is 10.5. The van der Waals surface area contributed by atoms with Gasteiger partial charge in [-0.3, -0.25) is 4.79 Å². The Morgan fingerprint density at radius 2 is 2.00 bits per heavy atom. The van der Waals surface area contributed by atoms with Crippen LogP contribution in [0.15, 0.2) is 39.5 Å². The van der Waals surface area contributed by atoms with Crippen molar-refractivity contribution in [3.63, 3.8) is 0 Å². The van der Waals surface area contributed by atoms with Gasteiger partial charge < -0.3 is 13.9 Å². The van der Waals surface area contributed by atoms with E-state index in [1.165, 1.54) is 6.07 Å². The number of fused-ring (bicyclic) bond motifs is 1. The largest absolute Gasteiger partial charge is 0.492 e. The van der Waals surface area contributed by atoms with E-state index in [4.69, 9.17) is 13.9 Å². The van der Waals surface area contributed by atoms with E-state index in [-0.39, 0.29) is 9.89 Å². The number of benzene rings is 1. The molecule has 1 unspecified atom stereocenters. The smallest absolute Gasteiger partial charge is 0.339 e. The van der Waals surface area contributed by atoms with Crippen molar-refractivity contribution in [1.29, 1.82) is 0 Å². The van der Waals surface area contributed by atoms with Gasteiger partial charge in [0, 0.05) is 15.9 Å². The molecule has 1 aromatic carbocycles. The number of rotatable bonds is 9. The molecule has 0 aliphatic heterocycles. The van der Waals surface area contributed by atoms with Crippen molar-refractivity contribution in [2.45, 2.75) is 3.92 Å². The first-order chi connectivity index (χ1) is 11.6. The number of halogens is 2. The van der Waals surface area contributed by atoms with E-state index in [2.05, 4.69) is 45.2 Å². The average Bonchev–Trinajstić information content (AvgIpc) is 2.59. The molecule has 0 saturated carbocycles. The molecule has 0 saturated heterocycles. The molecule has 0 bridgehead atoms. The van der Waals surface area contributed by atoms with Crippen LogP contribution < -0.4 is 10.4 Å². The number of thioether (sulfide) groups is 1. The third-order valence-electron chi connectivity index (χ3n) is 2.96. The summed E-state index contributed by atoms with van der Waals surface area (Å²) in [5.41, 5.74) is 0.0927. The molecular formula is C16H16I2O5S. The van der Waals surface area contributed by atoms with E-state index in [0.717, 1.165) is 21.3 Å². The first-order valence-corrected chi connectivity index (χ1v) is 11.1. The highest BCUT2D eigenvalue weighted by atomic mass is 127. The Morgan fingerprint density at radius 3 is 2.79 bits per heavy atom. The molecule has 0 spiro atoms. The van der Waals surface area contributed by atoms with Crippen molar-refractivity contribution in [2.24, 2.45) is 0 Å². The molecule has 130 valence electrons. The minimum atomic E-state index is -0.424. The van der Waals surface area contributed by atoms with Crippen molar-refractivity contribution in [2.75, 3.05) is 29.1 Å². The summed E-state index contributed by atoms with van der Waals surface area (Å²) in [5, 5.41) is 0.780. The van der Waals surface area contributed by atoms with Crippen LogP contribution in [0.5, 0.6) is 5.75 Å². The van der Waals surface area contributed by atoms with Gasteiger partial charge in [-0.25, -0.2) is 4.79 Å². The molecule has 2 rings (SSSR count). The zero-order chi connectivity index (χ0) is 17.4. The summed E-state index contributed by atoms with van der Waals surface area (Å²) in [6, 6.07) is 8.63. The summed E-state index contributed by atoms with van der Waals surface area (Å²) in [6.07, 6.45) is 0. The van der Waals surface area contributed by atoms with Gasteiger partial charge in [0.1, 0.15) is 21.9 Å². The lowest BCUT2D eigenvalue weighted by Crippen LogP contribution is -2.19. The van der Waals surface area contributed by atoms with Crippen LogP contribution >= 0.6 is 56.9 Å². The molecule has 1 heterocycles. The number of para-hydroxylation sites is 1. The van der Waals surface area contributed by atoms with Crippen LogP contribution in [0, 0.1) is 0 Å². The van der Waals surface area contributed by atoms with Gasteiger partial charge in [0.25, 0.3) is 0 Å². The number of carbonyl (C=O) groups is 1. The van der Waals surface area contributed by atoms with Crippen LogP contribution in [0.4, 0.5) is 0 Å². The highest BCUT2D eigenvalue weighted by molar-refractivity contribution is 14.1. The van der Waals surface area contributed by atoms with Crippen LogP contribution in [-0.2, 0) is 9.53 Å². The Kier molecular flexibility index (Phi) is 8.67. The lowest BCUT2D eigenvalue weighted by molar-refractivity contribution is -0.141. The highest BCUT2D eigenvalue weighted by Gasteiger charge is 2.13. The summed E-state index contributed by atoms with van der Waals surface area (Å²) in [6.45, 7) is 0.867. The molecule has 2 aromatic rings. The fraction of sp³-hybridized carbons (Fsp3) is 0.375. The first-order valence-electron chi connectivity index (χ1n) is 7.22. The summed E-state index contributed by atoms with van der Waals surface area (Å²) in [7, 11) is 0. The van der Waals surface area contributed by atoms with Gasteiger partial charge in [0.05, 0.1) is 18.1 Å². The molecule has 8 heteroatoms. The molecule has 0 fully saturated rings. The molecule has 0 amide bonds. The van der Waals surface area contributed by atoms with Gasteiger partial charge >= 0.3 is 11.6 Å². The molecule has 1 aromatic heterocycles. The summed E-state index contributed by atoms with van der Waals surface area (Å²) >= 11 is 5.88. The Bertz CT molecular complexity index is 734. The Hall–Kier alpha value is -0.490. The zero-order valence-electron chi connectivity index (χ0n) is 12.7. The fourth-order valence-electron chi connectivity index (χ4n) is 1.87. The van der Waals surface area contributed by atoms with E-state index < -0.39 is 5.63 Å². The lowest BCUT2D eigenvalue weighted by Gasteiger charge is -2.09. The SMILES string of the molecule is O=C(OCCSCCOc1cc(=O)oc2ccccc12)C(I)CI. The highest BCUT2D eigenvalue weighted by Crippen LogP contribution is 2.23. The number of alkyl halides is 2. The monoisotopic (exact) mass is 574 g/mol. The van der Waals surface area contributed by atoms with Gasteiger partial charge in [0.2, 0.25) is 0 Å². The quantitative estimate of drug-likeness (QED) is 0.150. The van der Waals surface area contributed by atoms with Crippen molar-refractivity contribution in [3.8, 4) is 5.75 Å². The van der Waals surface area contributed by atoms with Gasteiger partial charge in [-0.05, 0) is 12.1 Å². The first kappa shape index (κ1) is 19.8. The third-order valence-corrected chi connectivity index (χ3v) is 7.39. The van der Waals surface area contributed by atoms with Crippen LogP contribution in [0.1, 0.15) is 0 Å². The van der Waals surface area contributed by atoms with Crippen LogP contribution in [0.2, 0.25) is 0 Å². The predicted molar refractivity (Wildman–Crippen MR) is 113 cm³/mol. The third kappa shape index (κ3) is 6.10. The van der Waals surface area contributed by atoms with Crippen LogP contribution in [-0.4, -0.2) is 39.0 Å². The number of carbonyl (C=O) groups excluding carboxylic acids is 1. The van der Waals surface area contributed by atoms with Crippen molar-refractivity contribution in [1.82, 2.24) is 0 Å². The standard InChI is InChI=1S/C16H16I2O5S/c17-10-12(18)16(20)22-6-8-24-7-5-21-14-9-15(19)23-13-4-2-1-3-11(13)14/h1-4,9,12H,5-8,10H2. The number of ether oxygens (including phenoxy) is 2. The second-order valence-corrected chi connectivity index (χ2v) is 8.29. The van der Waals surface area contributed by atoms with E-state index in [1.807, 2.05) is 18.2 Å². The van der Waals surface area contributed by atoms with E-state index in [9.17, 15) is 9.59 Å². The second-order valence-electron chi connectivity index (χ2n) is 4.68. The van der Waals surface area contributed by atoms with Gasteiger partial charge in [-0.15, -0.1) is 0 Å². The molecule has 0 aliphatic carbocycles. The molecule has 0 aliphatic rings. The molecule has 0 N–H and O–H groups in total. The maximum atomic E-state index is 11.5. The predicted octanol–water partition coefficient (Wildman–Crippen LogP) is 3.69. The normalized spacial score (nSPS) is 12.1. The molecule has 0 radical (unpaired) electrons. The van der Waals surface area contributed by atoms with Gasteiger partial charge in [0.15, 0.2) is 0 Å². The van der Waals surface area contributed by atoms with Crippen molar-refractivity contribution in [3.05, 3.63) is 40.8 Å². The topological polar surface area (TPSA) is 65.7 Å². The lowest BCUT2D eigenvalue weighted by atomic mass is 10.2. The van der Waals surface area contributed by atoms with Gasteiger partial charge in [-0.2, -0.15) is 11.8 Å². The van der Waals surface area contributed by atoms with Crippen LogP contribution in [0.25, 0.3) is 11.0 Å². The minimum absolute atomic E-state index is 0.0883. The number of esters is 1. The number of hydrogen-bond donors (Lipinski definition) is 0. The maximum absolute atomic E-state index is 11.5. The van der Waals surface area contributed by atoms with E-state index >= 15 is 0 Å². The van der Waals surface area contributed by atoms with E-state index in [1.54, 1.807) is 17.8 Å². The van der Waals surface area contributed by atoms with Crippen molar-refractivity contribution < 1.29 is 18.7 Å². The summed E-state index contributed by atoms with van der Waals surface area (Å²) in [4.78, 5) is 23.0. The minimum Gasteiger partial charge on any atom is -0.492 e. The fourth-order valence-corrected chi connectivity index (χ4v) is 3.01. The van der Waals surface area contributed by atoms with E-state index in [0.29, 0.717) is 24.5 Å². The molecule has 1 atom stereocenters. The Labute approximate surface area is 171 Å².